The molecule has 3 N–H and O–H groups in total. The van der Waals surface area contributed by atoms with Crippen molar-refractivity contribution in [1.29, 1.82) is 0 Å². The Morgan fingerprint density at radius 2 is 2.04 bits per heavy atom. The Morgan fingerprint density at radius 1 is 1.36 bits per heavy atom. The Labute approximate surface area is 158 Å². The van der Waals surface area contributed by atoms with E-state index < -0.39 is 12.1 Å². The van der Waals surface area contributed by atoms with Gasteiger partial charge in [0.1, 0.15) is 6.10 Å². The number of nitrogens with two attached hydrogens (primary N) is 1. The van der Waals surface area contributed by atoms with E-state index in [-0.39, 0.29) is 36.8 Å². The summed E-state index contributed by atoms with van der Waals surface area (Å²) < 4.78 is 10.4. The van der Waals surface area contributed by atoms with E-state index in [0.717, 1.165) is 16.9 Å². The number of amides is 1. The van der Waals surface area contributed by atoms with Gasteiger partial charge >= 0.3 is 5.97 Å². The van der Waals surface area contributed by atoms with Crippen molar-refractivity contribution in [3.63, 3.8) is 0 Å². The maximum atomic E-state index is 12.5. The first kappa shape index (κ1) is 21.8. The lowest BCUT2D eigenvalue weighted by molar-refractivity contribution is -0.141. The van der Waals surface area contributed by atoms with Gasteiger partial charge in [0.15, 0.2) is 0 Å². The molecule has 0 aromatic heterocycles. The third-order valence-electron chi connectivity index (χ3n) is 4.10. The lowest BCUT2D eigenvalue weighted by Crippen LogP contribution is -2.38. The summed E-state index contributed by atoms with van der Waals surface area (Å²) in [6.45, 7) is 0.408. The molecule has 0 spiro atoms. The van der Waals surface area contributed by atoms with Crippen LogP contribution >= 0.6 is 24.2 Å². The maximum Gasteiger partial charge on any atom is 0.307 e. The molecule has 0 bridgehead atoms. The van der Waals surface area contributed by atoms with Crippen LogP contribution in [0.2, 0.25) is 0 Å². The summed E-state index contributed by atoms with van der Waals surface area (Å²) in [7, 11) is 1.34. The molecule has 1 heterocycles. The summed E-state index contributed by atoms with van der Waals surface area (Å²) in [5.41, 5.74) is 6.44. The van der Waals surface area contributed by atoms with E-state index in [1.54, 1.807) is 11.8 Å². The zero-order valence-electron chi connectivity index (χ0n) is 14.4. The smallest absolute Gasteiger partial charge is 0.307 e. The van der Waals surface area contributed by atoms with Crippen molar-refractivity contribution >= 4 is 36.0 Å². The second-order valence-corrected chi connectivity index (χ2v) is 6.55. The molecule has 1 aromatic rings. The van der Waals surface area contributed by atoms with Crippen LogP contribution in [0.4, 0.5) is 0 Å². The van der Waals surface area contributed by atoms with Gasteiger partial charge in [-0.25, -0.2) is 0 Å². The van der Waals surface area contributed by atoms with Gasteiger partial charge in [0.05, 0.1) is 25.7 Å². The SMILES string of the molecule is COC(=O)CC(NC(=O)[C@@H]1CC[C@H](CN)O1)c1ccc(SC)cc1.Cl. The number of ether oxygens (including phenoxy) is 2. The van der Waals surface area contributed by atoms with E-state index in [0.29, 0.717) is 13.0 Å². The Morgan fingerprint density at radius 3 is 2.56 bits per heavy atom. The number of methoxy groups -OCH3 is 1. The number of halogens is 1. The second kappa shape index (κ2) is 10.7. The molecule has 25 heavy (non-hydrogen) atoms. The fourth-order valence-electron chi connectivity index (χ4n) is 2.68. The fourth-order valence-corrected chi connectivity index (χ4v) is 3.08. The monoisotopic (exact) mass is 388 g/mol. The van der Waals surface area contributed by atoms with Crippen molar-refractivity contribution in [2.45, 2.75) is 42.4 Å². The highest BCUT2D eigenvalue weighted by atomic mass is 35.5. The molecule has 0 saturated carbocycles. The van der Waals surface area contributed by atoms with E-state index in [1.807, 2.05) is 30.5 Å². The molecule has 1 aliphatic rings. The molecule has 1 aliphatic heterocycles. The Bertz CT molecular complexity index is 570. The van der Waals surface area contributed by atoms with Gasteiger partial charge in [-0.1, -0.05) is 12.1 Å². The van der Waals surface area contributed by atoms with Crippen LogP contribution < -0.4 is 11.1 Å². The van der Waals surface area contributed by atoms with Crippen molar-refractivity contribution in [2.24, 2.45) is 5.73 Å². The Kier molecular flexibility index (Phi) is 9.27. The summed E-state index contributed by atoms with van der Waals surface area (Å²) in [6, 6.07) is 7.32. The zero-order valence-corrected chi connectivity index (χ0v) is 16.0. The molecule has 1 amide bonds. The first-order valence-electron chi connectivity index (χ1n) is 7.94. The van der Waals surface area contributed by atoms with Gasteiger partial charge in [-0.05, 0) is 36.8 Å². The van der Waals surface area contributed by atoms with E-state index in [1.165, 1.54) is 7.11 Å². The molecule has 1 fully saturated rings. The van der Waals surface area contributed by atoms with Crippen molar-refractivity contribution < 1.29 is 19.1 Å². The summed E-state index contributed by atoms with van der Waals surface area (Å²) in [5.74, 6) is -0.588. The van der Waals surface area contributed by atoms with Crippen LogP contribution in [0.15, 0.2) is 29.2 Å². The van der Waals surface area contributed by atoms with Gasteiger partial charge in [-0.3, -0.25) is 9.59 Å². The lowest BCUT2D eigenvalue weighted by atomic mass is 10.0. The number of nitrogens with one attached hydrogen (secondary N) is 1. The van der Waals surface area contributed by atoms with Crippen molar-refractivity contribution in [2.75, 3.05) is 19.9 Å². The molecule has 8 heteroatoms. The predicted molar refractivity (Wildman–Crippen MR) is 99.9 cm³/mol. The number of rotatable bonds is 7. The van der Waals surface area contributed by atoms with Crippen LogP contribution in [0.5, 0.6) is 0 Å². The minimum atomic E-state index is -0.510. The number of esters is 1. The summed E-state index contributed by atoms with van der Waals surface area (Å²) >= 11 is 1.63. The average molecular weight is 389 g/mol. The molecular formula is C17H25ClN2O4S. The molecular weight excluding hydrogens is 364 g/mol. The summed E-state index contributed by atoms with van der Waals surface area (Å²) in [5, 5.41) is 2.91. The first-order chi connectivity index (χ1) is 11.6. The molecule has 140 valence electrons. The van der Waals surface area contributed by atoms with Crippen LogP contribution in [0.3, 0.4) is 0 Å². The molecule has 1 aromatic carbocycles. The average Bonchev–Trinajstić information content (AvgIpc) is 3.10. The highest BCUT2D eigenvalue weighted by Crippen LogP contribution is 2.24. The third kappa shape index (κ3) is 6.18. The molecule has 0 aliphatic carbocycles. The lowest BCUT2D eigenvalue weighted by Gasteiger charge is -2.21. The standard InChI is InChI=1S/C17H24N2O4S.ClH/c1-22-16(20)9-14(11-3-6-13(24-2)7-4-11)19-17(21)15-8-5-12(10-18)23-15;/h3-4,6-7,12,14-15H,5,8-10,18H2,1-2H3,(H,19,21);1H/t12-,14?,15+;/m1./s1. The summed E-state index contributed by atoms with van der Waals surface area (Å²) in [4.78, 5) is 25.3. The normalized spacial score (nSPS) is 20.4. The zero-order chi connectivity index (χ0) is 17.5. The predicted octanol–water partition coefficient (Wildman–Crippen LogP) is 2.06. The molecule has 1 unspecified atom stereocenters. The van der Waals surface area contributed by atoms with E-state index >= 15 is 0 Å². The minimum absolute atomic E-state index is 0. The van der Waals surface area contributed by atoms with Gasteiger partial charge in [0, 0.05) is 11.4 Å². The Hall–Kier alpha value is -1.28. The third-order valence-corrected chi connectivity index (χ3v) is 4.84. The van der Waals surface area contributed by atoms with E-state index in [4.69, 9.17) is 15.2 Å². The maximum absolute atomic E-state index is 12.5. The largest absolute Gasteiger partial charge is 0.469 e. The van der Waals surface area contributed by atoms with Crippen LogP contribution in [0.1, 0.15) is 30.9 Å². The number of carbonyl (C=O) groups excluding carboxylic acids is 2. The van der Waals surface area contributed by atoms with Crippen molar-refractivity contribution in [3.05, 3.63) is 29.8 Å². The fraction of sp³-hybridized carbons (Fsp3) is 0.529. The topological polar surface area (TPSA) is 90.7 Å². The summed E-state index contributed by atoms with van der Waals surface area (Å²) in [6.07, 6.45) is 2.91. The van der Waals surface area contributed by atoms with Crippen LogP contribution in [-0.4, -0.2) is 44.0 Å². The molecule has 6 nitrogen and oxygen atoms in total. The van der Waals surface area contributed by atoms with Crippen molar-refractivity contribution in [3.8, 4) is 0 Å². The highest BCUT2D eigenvalue weighted by Gasteiger charge is 2.31. The van der Waals surface area contributed by atoms with E-state index in [2.05, 4.69) is 5.32 Å². The molecule has 2 rings (SSSR count). The number of benzene rings is 1. The van der Waals surface area contributed by atoms with Crippen LogP contribution in [0, 0.1) is 0 Å². The number of carbonyl (C=O) groups is 2. The first-order valence-corrected chi connectivity index (χ1v) is 9.16. The molecule has 3 atom stereocenters. The quantitative estimate of drug-likeness (QED) is 0.548. The number of thioether (sulfide) groups is 1. The second-order valence-electron chi connectivity index (χ2n) is 5.67. The molecule has 1 saturated heterocycles. The minimum Gasteiger partial charge on any atom is -0.469 e. The Balaban J connectivity index is 0.00000312. The van der Waals surface area contributed by atoms with Gasteiger partial charge in [0.25, 0.3) is 0 Å². The number of hydrogen-bond acceptors (Lipinski definition) is 6. The highest BCUT2D eigenvalue weighted by molar-refractivity contribution is 7.98. The van der Waals surface area contributed by atoms with Crippen LogP contribution in [-0.2, 0) is 19.1 Å². The van der Waals surface area contributed by atoms with Crippen LogP contribution in [0.25, 0.3) is 0 Å². The molecule has 0 radical (unpaired) electrons. The van der Waals surface area contributed by atoms with Gasteiger partial charge in [-0.15, -0.1) is 24.2 Å². The van der Waals surface area contributed by atoms with Gasteiger partial charge in [0.2, 0.25) is 5.91 Å². The van der Waals surface area contributed by atoms with E-state index in [9.17, 15) is 9.59 Å². The van der Waals surface area contributed by atoms with Gasteiger partial charge < -0.3 is 20.5 Å². The number of hydrogen-bond donors (Lipinski definition) is 2. The van der Waals surface area contributed by atoms with Gasteiger partial charge in [-0.2, -0.15) is 0 Å². The van der Waals surface area contributed by atoms with Crippen molar-refractivity contribution in [1.82, 2.24) is 5.32 Å².